The van der Waals surface area contributed by atoms with Gasteiger partial charge in [-0.05, 0) is 17.5 Å². The van der Waals surface area contributed by atoms with E-state index in [1.807, 2.05) is 60.7 Å². The fourth-order valence-corrected chi connectivity index (χ4v) is 2.23. The van der Waals surface area contributed by atoms with Gasteiger partial charge in [0.25, 0.3) is 0 Å². The van der Waals surface area contributed by atoms with Crippen LogP contribution in [0.2, 0.25) is 0 Å². The van der Waals surface area contributed by atoms with Gasteiger partial charge in [-0.1, -0.05) is 60.7 Å². The highest BCUT2D eigenvalue weighted by atomic mass is 16.4. The lowest BCUT2D eigenvalue weighted by atomic mass is 9.76. The maximum atomic E-state index is 11.9. The molecule has 0 spiro atoms. The molecule has 0 aromatic heterocycles. The quantitative estimate of drug-likeness (QED) is 0.501. The Balaban J connectivity index is 1.81. The van der Waals surface area contributed by atoms with E-state index in [9.17, 15) is 19.6 Å². The Morgan fingerprint density at radius 3 is 2.00 bits per heavy atom. The number of hydrogen-bond acceptors (Lipinski definition) is 4. The molecular formula is C17H20BN3O4. The van der Waals surface area contributed by atoms with Gasteiger partial charge in [0.2, 0.25) is 0 Å². The lowest BCUT2D eigenvalue weighted by molar-refractivity contribution is 0.225. The van der Waals surface area contributed by atoms with Gasteiger partial charge in [0.05, 0.1) is 5.94 Å². The molecule has 25 heavy (non-hydrogen) atoms. The summed E-state index contributed by atoms with van der Waals surface area (Å²) >= 11 is 0. The van der Waals surface area contributed by atoms with Crippen molar-refractivity contribution in [2.24, 2.45) is 0 Å². The maximum absolute atomic E-state index is 11.9. The van der Waals surface area contributed by atoms with Crippen LogP contribution in [0.4, 0.5) is 9.59 Å². The molecule has 0 saturated heterocycles. The third kappa shape index (κ3) is 6.66. The third-order valence-electron chi connectivity index (χ3n) is 3.50. The van der Waals surface area contributed by atoms with Crippen LogP contribution < -0.4 is 16.0 Å². The predicted molar refractivity (Wildman–Crippen MR) is 94.5 cm³/mol. The molecule has 0 saturated carbocycles. The fraction of sp³-hybridized carbons (Fsp3) is 0.176. The number of nitrogens with one attached hydrogen (secondary N) is 3. The van der Waals surface area contributed by atoms with Crippen molar-refractivity contribution in [2.75, 3.05) is 0 Å². The van der Waals surface area contributed by atoms with Gasteiger partial charge in [-0.15, -0.1) is 0 Å². The summed E-state index contributed by atoms with van der Waals surface area (Å²) in [6.45, 7) is 0.274. The van der Waals surface area contributed by atoms with Crippen LogP contribution in [0.3, 0.4) is 0 Å². The number of carbonyl (C=O) groups is 2. The fourth-order valence-electron chi connectivity index (χ4n) is 2.23. The standard InChI is InChI=1S/C17H20BN3O4/c22-16(19-12-14-9-5-2-6-10-14)21-17(23)20-15(18(24)25)11-13-7-3-1-4-8-13/h1-10,15,24-25H,11-12H2,(H3,19,20,21,22,23)/t15-/m0/s1. The third-order valence-corrected chi connectivity index (χ3v) is 3.50. The molecule has 8 heteroatoms. The topological polar surface area (TPSA) is 111 Å². The summed E-state index contributed by atoms with van der Waals surface area (Å²) in [5, 5.41) is 25.9. The van der Waals surface area contributed by atoms with E-state index in [-0.39, 0.29) is 13.0 Å². The van der Waals surface area contributed by atoms with Gasteiger partial charge < -0.3 is 20.7 Å². The van der Waals surface area contributed by atoms with E-state index >= 15 is 0 Å². The second kappa shape index (κ2) is 9.46. The number of imide groups is 1. The molecule has 1 atom stereocenters. The Labute approximate surface area is 146 Å². The van der Waals surface area contributed by atoms with Gasteiger partial charge in [0.1, 0.15) is 0 Å². The minimum absolute atomic E-state index is 0.220. The van der Waals surface area contributed by atoms with Crippen LogP contribution in [-0.4, -0.2) is 35.2 Å². The van der Waals surface area contributed by atoms with E-state index in [4.69, 9.17) is 0 Å². The van der Waals surface area contributed by atoms with Crippen LogP contribution in [-0.2, 0) is 13.0 Å². The molecule has 0 aliphatic heterocycles. The van der Waals surface area contributed by atoms with Crippen LogP contribution in [0.15, 0.2) is 60.7 Å². The average molecular weight is 341 g/mol. The highest BCUT2D eigenvalue weighted by Gasteiger charge is 2.26. The first-order valence-electron chi connectivity index (χ1n) is 7.84. The summed E-state index contributed by atoms with van der Waals surface area (Å²) in [6.07, 6.45) is 0.220. The van der Waals surface area contributed by atoms with Gasteiger partial charge in [0, 0.05) is 6.54 Å². The smallest absolute Gasteiger partial charge is 0.426 e. The predicted octanol–water partition coefficient (Wildman–Crippen LogP) is 0.819. The van der Waals surface area contributed by atoms with Crippen molar-refractivity contribution in [3.05, 3.63) is 71.8 Å². The zero-order valence-electron chi connectivity index (χ0n) is 13.6. The van der Waals surface area contributed by atoms with Crippen molar-refractivity contribution in [3.63, 3.8) is 0 Å². The van der Waals surface area contributed by atoms with Crippen LogP contribution in [0.25, 0.3) is 0 Å². The van der Waals surface area contributed by atoms with Crippen molar-refractivity contribution in [3.8, 4) is 0 Å². The van der Waals surface area contributed by atoms with Crippen molar-refractivity contribution in [1.82, 2.24) is 16.0 Å². The highest BCUT2D eigenvalue weighted by Crippen LogP contribution is 2.04. The Morgan fingerprint density at radius 1 is 0.880 bits per heavy atom. The summed E-state index contributed by atoms with van der Waals surface area (Å²) in [5.41, 5.74) is 1.72. The zero-order chi connectivity index (χ0) is 18.1. The lowest BCUT2D eigenvalue weighted by Gasteiger charge is -2.18. The molecule has 7 nitrogen and oxygen atoms in total. The normalized spacial score (nSPS) is 11.3. The van der Waals surface area contributed by atoms with E-state index < -0.39 is 25.1 Å². The molecule has 0 bridgehead atoms. The van der Waals surface area contributed by atoms with E-state index in [0.717, 1.165) is 11.1 Å². The summed E-state index contributed by atoms with van der Waals surface area (Å²) in [6, 6.07) is 16.8. The monoisotopic (exact) mass is 341 g/mol. The van der Waals surface area contributed by atoms with Gasteiger partial charge in [-0.3, -0.25) is 5.32 Å². The number of urea groups is 2. The Morgan fingerprint density at radius 2 is 1.44 bits per heavy atom. The number of hydrogen-bond donors (Lipinski definition) is 5. The number of rotatable bonds is 6. The second-order valence-electron chi connectivity index (χ2n) is 5.48. The van der Waals surface area contributed by atoms with Crippen molar-refractivity contribution >= 4 is 19.2 Å². The van der Waals surface area contributed by atoms with Crippen LogP contribution in [0, 0.1) is 0 Å². The zero-order valence-corrected chi connectivity index (χ0v) is 13.6. The van der Waals surface area contributed by atoms with Gasteiger partial charge in [0.15, 0.2) is 0 Å². The molecule has 0 aliphatic rings. The summed E-state index contributed by atoms with van der Waals surface area (Å²) < 4.78 is 0. The summed E-state index contributed by atoms with van der Waals surface area (Å²) in [5.74, 6) is -0.940. The van der Waals surface area contributed by atoms with E-state index in [0.29, 0.717) is 0 Å². The first kappa shape index (κ1) is 18.5. The molecule has 2 rings (SSSR count). The minimum atomic E-state index is -1.75. The molecule has 130 valence electrons. The van der Waals surface area contributed by atoms with E-state index in [2.05, 4.69) is 16.0 Å². The highest BCUT2D eigenvalue weighted by molar-refractivity contribution is 6.43. The molecule has 0 unspecified atom stereocenters. The van der Waals surface area contributed by atoms with E-state index in [1.54, 1.807) is 0 Å². The molecular weight excluding hydrogens is 321 g/mol. The molecule has 0 radical (unpaired) electrons. The van der Waals surface area contributed by atoms with Crippen molar-refractivity contribution in [1.29, 1.82) is 0 Å². The molecule has 4 amide bonds. The molecule has 2 aromatic rings. The largest absolute Gasteiger partial charge is 0.475 e. The number of amides is 4. The minimum Gasteiger partial charge on any atom is -0.426 e. The first-order valence-corrected chi connectivity index (χ1v) is 7.84. The molecule has 0 fully saturated rings. The Kier molecular flexibility index (Phi) is 7.00. The van der Waals surface area contributed by atoms with Gasteiger partial charge in [-0.25, -0.2) is 9.59 Å². The van der Waals surface area contributed by atoms with Crippen LogP contribution in [0.1, 0.15) is 11.1 Å². The van der Waals surface area contributed by atoms with Gasteiger partial charge in [-0.2, -0.15) is 0 Å². The van der Waals surface area contributed by atoms with Gasteiger partial charge >= 0.3 is 19.2 Å². The Hall–Kier alpha value is -2.84. The van der Waals surface area contributed by atoms with Crippen molar-refractivity contribution < 1.29 is 19.6 Å². The molecule has 5 N–H and O–H groups in total. The molecule has 2 aromatic carbocycles. The first-order chi connectivity index (χ1) is 12.0. The van der Waals surface area contributed by atoms with Crippen LogP contribution in [0.5, 0.6) is 0 Å². The van der Waals surface area contributed by atoms with E-state index in [1.165, 1.54) is 0 Å². The van der Waals surface area contributed by atoms with Crippen molar-refractivity contribution in [2.45, 2.75) is 18.9 Å². The second-order valence-corrected chi connectivity index (χ2v) is 5.48. The number of carbonyl (C=O) groups excluding carboxylic acids is 2. The average Bonchev–Trinajstić information content (AvgIpc) is 2.61. The lowest BCUT2D eigenvalue weighted by Crippen LogP contribution is -2.53. The summed E-state index contributed by atoms with van der Waals surface area (Å²) in [4.78, 5) is 23.6. The maximum Gasteiger partial charge on any atom is 0.475 e. The number of benzene rings is 2. The Bertz CT molecular complexity index is 683. The molecule has 0 heterocycles. The van der Waals surface area contributed by atoms with Crippen LogP contribution >= 0.6 is 0 Å². The summed E-state index contributed by atoms with van der Waals surface area (Å²) in [7, 11) is -1.75. The SMILES string of the molecule is O=C(NCc1ccccc1)NC(=O)N[C@@H](Cc1ccccc1)B(O)O. The molecule has 0 aliphatic carbocycles.